The molecule has 0 radical (unpaired) electrons. The Balaban J connectivity index is 1.60. The second-order valence-electron chi connectivity index (χ2n) is 5.75. The van der Waals surface area contributed by atoms with Crippen LogP contribution < -0.4 is 5.32 Å². The van der Waals surface area contributed by atoms with E-state index in [1.807, 2.05) is 4.68 Å². The van der Waals surface area contributed by atoms with Gasteiger partial charge in [0.25, 0.3) is 0 Å². The van der Waals surface area contributed by atoms with E-state index in [0.29, 0.717) is 6.04 Å². The molecule has 2 atom stereocenters. The van der Waals surface area contributed by atoms with Crippen molar-refractivity contribution >= 4 is 0 Å². The number of nitrogens with one attached hydrogen (secondary N) is 1. The molecule has 3 heterocycles. The van der Waals surface area contributed by atoms with E-state index in [2.05, 4.69) is 41.4 Å². The lowest BCUT2D eigenvalue weighted by Gasteiger charge is -2.15. The van der Waals surface area contributed by atoms with Crippen molar-refractivity contribution in [2.45, 2.75) is 26.4 Å². The van der Waals surface area contributed by atoms with E-state index in [9.17, 15) is 0 Å². The summed E-state index contributed by atoms with van der Waals surface area (Å²) in [4.78, 5) is 2.56. The van der Waals surface area contributed by atoms with Crippen molar-refractivity contribution in [1.82, 2.24) is 20.0 Å². The summed E-state index contributed by atoms with van der Waals surface area (Å²) in [5, 5.41) is 8.11. The standard InChI is InChI=1S/C13H22N4/c1-10(2)17-4-3-13(15-17)9-16-7-11-5-14-6-12(11)8-16/h3-4,10-12,14H,5-9H2,1-2H3. The number of nitrogens with zero attached hydrogens (tertiary/aromatic N) is 3. The Hall–Kier alpha value is -0.870. The van der Waals surface area contributed by atoms with Crippen LogP contribution in [0.25, 0.3) is 0 Å². The number of hydrogen-bond donors (Lipinski definition) is 1. The summed E-state index contributed by atoms with van der Waals surface area (Å²) in [5.74, 6) is 1.75. The first-order chi connectivity index (χ1) is 8.22. The van der Waals surface area contributed by atoms with Crippen LogP contribution in [0, 0.1) is 11.8 Å². The third-order valence-corrected chi connectivity index (χ3v) is 4.04. The highest BCUT2D eigenvalue weighted by Gasteiger charge is 2.35. The molecule has 94 valence electrons. The fourth-order valence-corrected chi connectivity index (χ4v) is 3.06. The van der Waals surface area contributed by atoms with E-state index in [4.69, 9.17) is 0 Å². The summed E-state index contributed by atoms with van der Waals surface area (Å²) in [6.07, 6.45) is 2.10. The molecule has 1 N–H and O–H groups in total. The van der Waals surface area contributed by atoms with Gasteiger partial charge in [-0.1, -0.05) is 0 Å². The van der Waals surface area contributed by atoms with Crippen molar-refractivity contribution < 1.29 is 0 Å². The zero-order valence-electron chi connectivity index (χ0n) is 10.8. The van der Waals surface area contributed by atoms with Gasteiger partial charge < -0.3 is 5.32 Å². The van der Waals surface area contributed by atoms with Gasteiger partial charge in [-0.3, -0.25) is 9.58 Å². The van der Waals surface area contributed by atoms with Gasteiger partial charge in [-0.05, 0) is 44.8 Å². The molecule has 2 aliphatic heterocycles. The third-order valence-electron chi connectivity index (χ3n) is 4.04. The zero-order chi connectivity index (χ0) is 11.8. The molecule has 4 heteroatoms. The summed E-state index contributed by atoms with van der Waals surface area (Å²) in [6, 6.07) is 2.62. The Labute approximate surface area is 103 Å². The van der Waals surface area contributed by atoms with Crippen molar-refractivity contribution in [3.05, 3.63) is 18.0 Å². The van der Waals surface area contributed by atoms with Gasteiger partial charge in [0, 0.05) is 31.9 Å². The van der Waals surface area contributed by atoms with Crippen LogP contribution in [-0.4, -0.2) is 40.9 Å². The molecule has 0 aromatic carbocycles. The van der Waals surface area contributed by atoms with Crippen molar-refractivity contribution in [3.63, 3.8) is 0 Å². The summed E-state index contributed by atoms with van der Waals surface area (Å²) in [7, 11) is 0. The average Bonchev–Trinajstić information content (AvgIpc) is 2.91. The molecule has 1 aromatic rings. The largest absolute Gasteiger partial charge is 0.316 e. The number of rotatable bonds is 3. The van der Waals surface area contributed by atoms with Crippen LogP contribution in [0.2, 0.25) is 0 Å². The van der Waals surface area contributed by atoms with Gasteiger partial charge in [0.2, 0.25) is 0 Å². The Morgan fingerprint density at radius 2 is 2.06 bits per heavy atom. The fourth-order valence-electron chi connectivity index (χ4n) is 3.06. The zero-order valence-corrected chi connectivity index (χ0v) is 10.8. The smallest absolute Gasteiger partial charge is 0.0764 e. The normalized spacial score (nSPS) is 29.1. The Kier molecular flexibility index (Phi) is 2.92. The molecule has 4 nitrogen and oxygen atoms in total. The molecular formula is C13H22N4. The minimum atomic E-state index is 0.464. The first-order valence-corrected chi connectivity index (χ1v) is 6.69. The highest BCUT2D eigenvalue weighted by molar-refractivity contribution is 5.01. The SMILES string of the molecule is CC(C)n1ccc(CN2CC3CNCC3C2)n1. The summed E-state index contributed by atoms with van der Waals surface area (Å²) >= 11 is 0. The number of fused-ring (bicyclic) bond motifs is 1. The van der Waals surface area contributed by atoms with Crippen molar-refractivity contribution in [3.8, 4) is 0 Å². The molecular weight excluding hydrogens is 212 g/mol. The van der Waals surface area contributed by atoms with E-state index >= 15 is 0 Å². The molecule has 2 saturated heterocycles. The van der Waals surface area contributed by atoms with E-state index in [1.165, 1.54) is 31.9 Å². The molecule has 3 rings (SSSR count). The van der Waals surface area contributed by atoms with Gasteiger partial charge in [0.1, 0.15) is 0 Å². The van der Waals surface area contributed by atoms with Crippen LogP contribution in [0.5, 0.6) is 0 Å². The summed E-state index contributed by atoms with van der Waals surface area (Å²) in [5.41, 5.74) is 1.21. The van der Waals surface area contributed by atoms with Gasteiger partial charge in [-0.25, -0.2) is 0 Å². The lowest BCUT2D eigenvalue weighted by Crippen LogP contribution is -2.25. The predicted molar refractivity (Wildman–Crippen MR) is 67.7 cm³/mol. The fraction of sp³-hybridized carbons (Fsp3) is 0.769. The van der Waals surface area contributed by atoms with E-state index in [-0.39, 0.29) is 0 Å². The maximum Gasteiger partial charge on any atom is 0.0764 e. The van der Waals surface area contributed by atoms with Crippen LogP contribution in [0.4, 0.5) is 0 Å². The molecule has 0 bridgehead atoms. The first-order valence-electron chi connectivity index (χ1n) is 6.69. The van der Waals surface area contributed by atoms with E-state index < -0.39 is 0 Å². The van der Waals surface area contributed by atoms with Gasteiger partial charge in [-0.15, -0.1) is 0 Å². The lowest BCUT2D eigenvalue weighted by atomic mass is 10.0. The van der Waals surface area contributed by atoms with Crippen molar-refractivity contribution in [2.75, 3.05) is 26.2 Å². The molecule has 0 saturated carbocycles. The monoisotopic (exact) mass is 234 g/mol. The Morgan fingerprint density at radius 1 is 1.35 bits per heavy atom. The van der Waals surface area contributed by atoms with Crippen LogP contribution in [-0.2, 0) is 6.54 Å². The van der Waals surface area contributed by atoms with Crippen molar-refractivity contribution in [1.29, 1.82) is 0 Å². The maximum absolute atomic E-state index is 4.63. The van der Waals surface area contributed by atoms with Crippen LogP contribution >= 0.6 is 0 Å². The quantitative estimate of drug-likeness (QED) is 0.850. The number of aromatic nitrogens is 2. The third kappa shape index (κ3) is 2.24. The highest BCUT2D eigenvalue weighted by atomic mass is 15.3. The molecule has 0 amide bonds. The second-order valence-corrected chi connectivity index (χ2v) is 5.75. The molecule has 17 heavy (non-hydrogen) atoms. The minimum absolute atomic E-state index is 0.464. The molecule has 2 fully saturated rings. The van der Waals surface area contributed by atoms with E-state index in [0.717, 1.165) is 18.4 Å². The first kappa shape index (κ1) is 11.2. The number of hydrogen-bond acceptors (Lipinski definition) is 3. The predicted octanol–water partition coefficient (Wildman–Crippen LogP) is 1.12. The molecule has 1 aromatic heterocycles. The van der Waals surface area contributed by atoms with E-state index in [1.54, 1.807) is 0 Å². The summed E-state index contributed by atoms with van der Waals surface area (Å²) < 4.78 is 2.05. The minimum Gasteiger partial charge on any atom is -0.316 e. The van der Waals surface area contributed by atoms with Crippen LogP contribution in [0.3, 0.4) is 0 Å². The van der Waals surface area contributed by atoms with Crippen LogP contribution in [0.15, 0.2) is 12.3 Å². The molecule has 2 aliphatic rings. The van der Waals surface area contributed by atoms with Gasteiger partial charge in [0.05, 0.1) is 5.69 Å². The lowest BCUT2D eigenvalue weighted by molar-refractivity contribution is 0.300. The van der Waals surface area contributed by atoms with Crippen molar-refractivity contribution in [2.24, 2.45) is 11.8 Å². The Bertz CT molecular complexity index is 373. The maximum atomic E-state index is 4.63. The topological polar surface area (TPSA) is 33.1 Å². The van der Waals surface area contributed by atoms with Gasteiger partial charge in [-0.2, -0.15) is 5.10 Å². The average molecular weight is 234 g/mol. The molecule has 0 spiro atoms. The molecule has 2 unspecified atom stereocenters. The second kappa shape index (κ2) is 4.42. The number of likely N-dealkylation sites (tertiary alicyclic amines) is 1. The Morgan fingerprint density at radius 3 is 2.65 bits per heavy atom. The van der Waals surface area contributed by atoms with Gasteiger partial charge >= 0.3 is 0 Å². The highest BCUT2D eigenvalue weighted by Crippen LogP contribution is 2.27. The summed E-state index contributed by atoms with van der Waals surface area (Å²) in [6.45, 7) is 10.3. The van der Waals surface area contributed by atoms with Crippen LogP contribution in [0.1, 0.15) is 25.6 Å². The van der Waals surface area contributed by atoms with Gasteiger partial charge in [0.15, 0.2) is 0 Å². The molecule has 0 aliphatic carbocycles.